The lowest BCUT2D eigenvalue weighted by atomic mass is 10.1. The molecular formula is C10H4BrFN2O. The highest BCUT2D eigenvalue weighted by Gasteiger charge is 2.07. The van der Waals surface area contributed by atoms with Gasteiger partial charge in [0.1, 0.15) is 29.3 Å². The number of rotatable bonds is 1. The SMILES string of the molecule is N#CC(C#N)=Cc1c(O)cc(F)cc1Br. The third-order valence-electron chi connectivity index (χ3n) is 1.60. The first-order valence-electron chi connectivity index (χ1n) is 3.78. The summed E-state index contributed by atoms with van der Waals surface area (Å²) in [7, 11) is 0. The molecule has 74 valence electrons. The van der Waals surface area contributed by atoms with Crippen LogP contribution < -0.4 is 0 Å². The van der Waals surface area contributed by atoms with Crippen molar-refractivity contribution in [2.75, 3.05) is 0 Å². The zero-order valence-corrected chi connectivity index (χ0v) is 8.92. The van der Waals surface area contributed by atoms with Crippen LogP contribution in [-0.4, -0.2) is 5.11 Å². The topological polar surface area (TPSA) is 67.8 Å². The lowest BCUT2D eigenvalue weighted by Crippen LogP contribution is -1.83. The molecular weight excluding hydrogens is 263 g/mol. The molecule has 0 amide bonds. The molecule has 5 heteroatoms. The van der Waals surface area contributed by atoms with Crippen LogP contribution in [0, 0.1) is 28.5 Å². The largest absolute Gasteiger partial charge is 0.507 e. The van der Waals surface area contributed by atoms with Crippen molar-refractivity contribution in [2.45, 2.75) is 0 Å². The van der Waals surface area contributed by atoms with Gasteiger partial charge in [-0.05, 0) is 28.1 Å². The van der Waals surface area contributed by atoms with Gasteiger partial charge < -0.3 is 5.11 Å². The Morgan fingerprint density at radius 2 is 2.00 bits per heavy atom. The molecule has 0 aromatic heterocycles. The van der Waals surface area contributed by atoms with E-state index in [1.807, 2.05) is 0 Å². The quantitative estimate of drug-likeness (QED) is 0.795. The van der Waals surface area contributed by atoms with Gasteiger partial charge in [-0.2, -0.15) is 10.5 Å². The van der Waals surface area contributed by atoms with Crippen LogP contribution in [-0.2, 0) is 0 Å². The summed E-state index contributed by atoms with van der Waals surface area (Å²) in [5, 5.41) is 26.4. The number of nitriles is 2. The van der Waals surface area contributed by atoms with Crippen LogP contribution in [0.3, 0.4) is 0 Å². The molecule has 15 heavy (non-hydrogen) atoms. The number of phenols is 1. The van der Waals surface area contributed by atoms with Crippen molar-refractivity contribution in [2.24, 2.45) is 0 Å². The van der Waals surface area contributed by atoms with E-state index in [9.17, 15) is 9.50 Å². The van der Waals surface area contributed by atoms with E-state index in [2.05, 4.69) is 15.9 Å². The summed E-state index contributed by atoms with van der Waals surface area (Å²) in [6, 6.07) is 5.33. The lowest BCUT2D eigenvalue weighted by Gasteiger charge is -2.02. The van der Waals surface area contributed by atoms with Gasteiger partial charge in [-0.25, -0.2) is 4.39 Å². The second kappa shape index (κ2) is 4.59. The zero-order valence-electron chi connectivity index (χ0n) is 7.33. The number of benzene rings is 1. The number of nitrogens with zero attached hydrogens (tertiary/aromatic N) is 2. The number of hydrogen-bond donors (Lipinski definition) is 1. The molecule has 0 aliphatic carbocycles. The monoisotopic (exact) mass is 266 g/mol. The summed E-state index contributed by atoms with van der Waals surface area (Å²) in [6.45, 7) is 0. The molecule has 0 aliphatic heterocycles. The van der Waals surface area contributed by atoms with Crippen molar-refractivity contribution in [3.8, 4) is 17.9 Å². The molecule has 0 atom stereocenters. The second-order valence-electron chi connectivity index (χ2n) is 2.60. The van der Waals surface area contributed by atoms with Crippen molar-refractivity contribution in [3.63, 3.8) is 0 Å². The third-order valence-corrected chi connectivity index (χ3v) is 2.26. The second-order valence-corrected chi connectivity index (χ2v) is 3.46. The minimum absolute atomic E-state index is 0.169. The number of halogens is 2. The Morgan fingerprint density at radius 3 is 2.47 bits per heavy atom. The highest BCUT2D eigenvalue weighted by molar-refractivity contribution is 9.10. The van der Waals surface area contributed by atoms with Gasteiger partial charge >= 0.3 is 0 Å². The molecule has 0 saturated carbocycles. The number of allylic oxidation sites excluding steroid dienone is 1. The third kappa shape index (κ3) is 2.55. The van der Waals surface area contributed by atoms with Crippen LogP contribution in [0.1, 0.15) is 5.56 Å². The van der Waals surface area contributed by atoms with E-state index in [1.54, 1.807) is 12.1 Å². The van der Waals surface area contributed by atoms with Crippen molar-refractivity contribution in [1.29, 1.82) is 10.5 Å². The predicted octanol–water partition coefficient (Wildman–Crippen LogP) is 2.72. The maximum Gasteiger partial charge on any atom is 0.130 e. The Balaban J connectivity index is 3.36. The molecule has 1 aromatic carbocycles. The molecule has 3 nitrogen and oxygen atoms in total. The summed E-state index contributed by atoms with van der Waals surface area (Å²) in [4.78, 5) is 0. The van der Waals surface area contributed by atoms with Gasteiger partial charge in [0.15, 0.2) is 0 Å². The van der Waals surface area contributed by atoms with Gasteiger partial charge in [0.25, 0.3) is 0 Å². The fourth-order valence-corrected chi connectivity index (χ4v) is 1.48. The van der Waals surface area contributed by atoms with Crippen LogP contribution in [0.5, 0.6) is 5.75 Å². The highest BCUT2D eigenvalue weighted by atomic mass is 79.9. The van der Waals surface area contributed by atoms with Crippen molar-refractivity contribution < 1.29 is 9.50 Å². The predicted molar refractivity (Wildman–Crippen MR) is 55.0 cm³/mol. The molecule has 0 bridgehead atoms. The van der Waals surface area contributed by atoms with E-state index >= 15 is 0 Å². The number of aromatic hydroxyl groups is 1. The molecule has 0 saturated heterocycles. The van der Waals surface area contributed by atoms with Crippen molar-refractivity contribution >= 4 is 22.0 Å². The summed E-state index contributed by atoms with van der Waals surface area (Å²) in [5.41, 5.74) is 0.0344. The number of phenolic OH excluding ortho intramolecular Hbond substituents is 1. The van der Waals surface area contributed by atoms with Crippen LogP contribution in [0.2, 0.25) is 0 Å². The van der Waals surface area contributed by atoms with Crippen LogP contribution in [0.25, 0.3) is 6.08 Å². The smallest absolute Gasteiger partial charge is 0.130 e. The van der Waals surface area contributed by atoms with Crippen LogP contribution in [0.15, 0.2) is 22.2 Å². The van der Waals surface area contributed by atoms with Gasteiger partial charge in [-0.15, -0.1) is 0 Å². The Kier molecular flexibility index (Phi) is 3.43. The molecule has 0 unspecified atom stereocenters. The van der Waals surface area contributed by atoms with Gasteiger partial charge in [-0.1, -0.05) is 0 Å². The Hall–Kier alpha value is -1.85. The van der Waals surface area contributed by atoms with Crippen molar-refractivity contribution in [3.05, 3.63) is 33.6 Å². The first-order chi connectivity index (χ1) is 7.08. The fourth-order valence-electron chi connectivity index (χ4n) is 0.948. The average molecular weight is 267 g/mol. The molecule has 1 N–H and O–H groups in total. The van der Waals surface area contributed by atoms with Crippen LogP contribution >= 0.6 is 15.9 Å². The van der Waals surface area contributed by atoms with Gasteiger partial charge in [-0.3, -0.25) is 0 Å². The summed E-state index contributed by atoms with van der Waals surface area (Å²) < 4.78 is 13.0. The first kappa shape index (κ1) is 11.2. The lowest BCUT2D eigenvalue weighted by molar-refractivity contribution is 0.467. The van der Waals surface area contributed by atoms with E-state index in [1.165, 1.54) is 6.08 Å². The summed E-state index contributed by atoms with van der Waals surface area (Å²) >= 11 is 3.02. The molecule has 0 radical (unpaired) electrons. The van der Waals surface area contributed by atoms with Crippen molar-refractivity contribution in [1.82, 2.24) is 0 Å². The normalized spacial score (nSPS) is 8.80. The molecule has 1 aromatic rings. The van der Waals surface area contributed by atoms with E-state index in [0.717, 1.165) is 12.1 Å². The Morgan fingerprint density at radius 1 is 1.40 bits per heavy atom. The first-order valence-corrected chi connectivity index (χ1v) is 4.57. The standard InChI is InChI=1S/C10H4BrFN2O/c11-9-2-7(12)3-10(15)8(9)1-6(4-13)5-14/h1-3,15H. The summed E-state index contributed by atoms with van der Waals surface area (Å²) in [6.07, 6.45) is 1.18. The van der Waals surface area contributed by atoms with E-state index < -0.39 is 5.82 Å². The summed E-state index contributed by atoms with van der Waals surface area (Å²) in [5.74, 6) is -0.933. The molecule has 0 heterocycles. The molecule has 0 aliphatic rings. The number of hydrogen-bond acceptors (Lipinski definition) is 3. The highest BCUT2D eigenvalue weighted by Crippen LogP contribution is 2.29. The maximum absolute atomic E-state index is 12.8. The van der Waals surface area contributed by atoms with Gasteiger partial charge in [0.2, 0.25) is 0 Å². The molecule has 0 spiro atoms. The zero-order chi connectivity index (χ0) is 11.4. The van der Waals surface area contributed by atoms with E-state index in [4.69, 9.17) is 10.5 Å². The minimum atomic E-state index is -0.605. The Bertz CT molecular complexity index is 472. The van der Waals surface area contributed by atoms with Crippen LogP contribution in [0.4, 0.5) is 4.39 Å². The van der Waals surface area contributed by atoms with E-state index in [0.29, 0.717) is 0 Å². The fraction of sp³-hybridized carbons (Fsp3) is 0. The van der Waals surface area contributed by atoms with Gasteiger partial charge in [0, 0.05) is 16.1 Å². The molecule has 0 fully saturated rings. The minimum Gasteiger partial charge on any atom is -0.507 e. The van der Waals surface area contributed by atoms with E-state index in [-0.39, 0.29) is 21.4 Å². The molecule has 1 rings (SSSR count). The van der Waals surface area contributed by atoms with Gasteiger partial charge in [0.05, 0.1) is 0 Å². The Labute approximate surface area is 93.8 Å². The maximum atomic E-state index is 12.8. The average Bonchev–Trinajstić information content (AvgIpc) is 2.17.